The molecule has 0 aromatic heterocycles. The maximum atomic E-state index is 12.0. The molecular weight excluding hydrogens is 352 g/mol. The van der Waals surface area contributed by atoms with E-state index in [0.717, 1.165) is 51.4 Å². The Morgan fingerprint density at radius 2 is 1.27 bits per heavy atom. The zero-order valence-corrected chi connectivity index (χ0v) is 16.6. The number of hydrogen-bond donors (Lipinski definition) is 3. The van der Waals surface area contributed by atoms with Crippen LogP contribution in [0.1, 0.15) is 78.1 Å². The summed E-state index contributed by atoms with van der Waals surface area (Å²) in [5.41, 5.74) is 0.443. The number of hydrogen-bond acceptors (Lipinski definition) is 3. The molecule has 0 bridgehead atoms. The number of carbonyl (C=O) groups is 2. The van der Waals surface area contributed by atoms with Crippen molar-refractivity contribution in [3.8, 4) is 5.75 Å². The van der Waals surface area contributed by atoms with Crippen molar-refractivity contribution >= 4 is 34.8 Å². The summed E-state index contributed by atoms with van der Waals surface area (Å²) in [6.07, 6.45) is 8.83. The molecule has 0 aliphatic carbocycles. The van der Waals surface area contributed by atoms with E-state index < -0.39 is 0 Å². The van der Waals surface area contributed by atoms with E-state index in [2.05, 4.69) is 24.5 Å². The van der Waals surface area contributed by atoms with Gasteiger partial charge in [-0.05, 0) is 25.0 Å². The second kappa shape index (κ2) is 12.6. The van der Waals surface area contributed by atoms with Gasteiger partial charge in [0.25, 0.3) is 0 Å². The van der Waals surface area contributed by atoms with Gasteiger partial charge in [0.1, 0.15) is 0 Å². The van der Waals surface area contributed by atoms with Crippen LogP contribution in [0.3, 0.4) is 0 Å². The predicted octanol–water partition coefficient (Wildman–Crippen LogP) is 5.86. The van der Waals surface area contributed by atoms with Crippen LogP contribution in [0, 0.1) is 0 Å². The number of phenols is 1. The fourth-order valence-electron chi connectivity index (χ4n) is 2.64. The molecule has 0 aliphatic rings. The van der Waals surface area contributed by atoms with E-state index in [1.165, 1.54) is 12.1 Å². The van der Waals surface area contributed by atoms with Crippen LogP contribution in [-0.4, -0.2) is 16.9 Å². The third-order valence-electron chi connectivity index (χ3n) is 4.14. The molecule has 0 atom stereocenters. The Morgan fingerprint density at radius 3 is 1.65 bits per heavy atom. The first-order valence-electron chi connectivity index (χ1n) is 9.60. The number of anilines is 2. The van der Waals surface area contributed by atoms with Crippen molar-refractivity contribution in [2.75, 3.05) is 10.6 Å². The Kier molecular flexibility index (Phi) is 10.8. The lowest BCUT2D eigenvalue weighted by Crippen LogP contribution is -2.14. The molecule has 0 heterocycles. The number of amides is 2. The number of phenolic OH excluding ortho intramolecular Hbond substituents is 1. The average Bonchev–Trinajstić information content (AvgIpc) is 2.59. The Balaban J connectivity index is 2.63. The third kappa shape index (κ3) is 8.56. The Hall–Kier alpha value is -1.75. The maximum Gasteiger partial charge on any atom is 0.224 e. The Bertz CT molecular complexity index is 543. The number of nitrogens with one attached hydrogen (secondary N) is 2. The quantitative estimate of drug-likeness (QED) is 0.312. The fraction of sp³-hybridized carbons (Fsp3) is 0.600. The third-order valence-corrected chi connectivity index (χ3v) is 4.36. The predicted molar refractivity (Wildman–Crippen MR) is 108 cm³/mol. The molecule has 0 aliphatic heterocycles. The number of rotatable bonds is 12. The minimum absolute atomic E-state index is 0.168. The first-order valence-corrected chi connectivity index (χ1v) is 9.97. The molecule has 2 amide bonds. The molecule has 6 heteroatoms. The molecule has 0 unspecified atom stereocenters. The van der Waals surface area contributed by atoms with Gasteiger partial charge in [-0.1, -0.05) is 64.0 Å². The molecule has 5 nitrogen and oxygen atoms in total. The molecule has 1 aromatic carbocycles. The molecule has 0 spiro atoms. The topological polar surface area (TPSA) is 78.4 Å². The molecule has 1 rings (SSSR count). The van der Waals surface area contributed by atoms with Crippen LogP contribution in [0.25, 0.3) is 0 Å². The van der Waals surface area contributed by atoms with Crippen molar-refractivity contribution in [3.63, 3.8) is 0 Å². The number of aromatic hydroxyl groups is 1. The number of unbranched alkanes of at least 4 members (excludes halogenated alkanes) is 6. The second-order valence-electron chi connectivity index (χ2n) is 6.57. The van der Waals surface area contributed by atoms with Crippen molar-refractivity contribution in [2.45, 2.75) is 78.1 Å². The van der Waals surface area contributed by atoms with E-state index in [4.69, 9.17) is 11.6 Å². The van der Waals surface area contributed by atoms with Gasteiger partial charge in [-0.2, -0.15) is 0 Å². The van der Waals surface area contributed by atoms with E-state index in [0.29, 0.717) is 17.9 Å². The van der Waals surface area contributed by atoms with Gasteiger partial charge in [-0.25, -0.2) is 0 Å². The van der Waals surface area contributed by atoms with Gasteiger partial charge in [0.15, 0.2) is 5.75 Å². The van der Waals surface area contributed by atoms with Crippen LogP contribution in [0.4, 0.5) is 11.4 Å². The summed E-state index contributed by atoms with van der Waals surface area (Å²) in [5.74, 6) is -0.510. The van der Waals surface area contributed by atoms with E-state index in [1.807, 2.05) is 0 Å². The lowest BCUT2D eigenvalue weighted by molar-refractivity contribution is -0.117. The molecule has 1 aromatic rings. The minimum Gasteiger partial charge on any atom is -0.504 e. The summed E-state index contributed by atoms with van der Waals surface area (Å²) >= 11 is 6.07. The Morgan fingerprint density at radius 1 is 0.846 bits per heavy atom. The van der Waals surface area contributed by atoms with Gasteiger partial charge in [0, 0.05) is 17.9 Å². The fourth-order valence-corrected chi connectivity index (χ4v) is 2.86. The van der Waals surface area contributed by atoms with Crippen LogP contribution in [0.15, 0.2) is 12.1 Å². The van der Waals surface area contributed by atoms with E-state index in [-0.39, 0.29) is 28.9 Å². The zero-order chi connectivity index (χ0) is 19.4. The minimum atomic E-state index is -0.171. The normalized spacial score (nSPS) is 10.6. The summed E-state index contributed by atoms with van der Waals surface area (Å²) in [6.45, 7) is 4.23. The van der Waals surface area contributed by atoms with Crippen molar-refractivity contribution in [1.82, 2.24) is 0 Å². The van der Waals surface area contributed by atoms with Crippen molar-refractivity contribution < 1.29 is 14.7 Å². The summed E-state index contributed by atoms with van der Waals surface area (Å²) < 4.78 is 0. The van der Waals surface area contributed by atoms with Gasteiger partial charge >= 0.3 is 0 Å². The number of carbonyl (C=O) groups excluding carboxylic acids is 2. The van der Waals surface area contributed by atoms with E-state index >= 15 is 0 Å². The summed E-state index contributed by atoms with van der Waals surface area (Å²) in [7, 11) is 0. The standard InChI is InChI=1S/C20H31ClN2O3/c1-3-5-7-9-11-18(24)22-16-13-15(21)14-17(20(16)26)23-19(25)12-10-8-6-4-2/h13-14,26H,3-12H2,1-2H3,(H,22,24)(H,23,25). The van der Waals surface area contributed by atoms with Gasteiger partial charge in [-0.15, -0.1) is 0 Å². The van der Waals surface area contributed by atoms with Crippen LogP contribution >= 0.6 is 11.6 Å². The lowest BCUT2D eigenvalue weighted by atomic mass is 10.1. The van der Waals surface area contributed by atoms with Crippen molar-refractivity contribution in [2.24, 2.45) is 0 Å². The first-order chi connectivity index (χ1) is 12.5. The van der Waals surface area contributed by atoms with Crippen LogP contribution in [-0.2, 0) is 9.59 Å². The van der Waals surface area contributed by atoms with Gasteiger partial charge in [0.05, 0.1) is 11.4 Å². The maximum absolute atomic E-state index is 12.0. The molecule has 146 valence electrons. The van der Waals surface area contributed by atoms with Crippen molar-refractivity contribution in [1.29, 1.82) is 0 Å². The van der Waals surface area contributed by atoms with Gasteiger partial charge in [0.2, 0.25) is 11.8 Å². The highest BCUT2D eigenvalue weighted by Gasteiger charge is 2.14. The van der Waals surface area contributed by atoms with Gasteiger partial charge < -0.3 is 15.7 Å². The number of benzene rings is 1. The average molecular weight is 383 g/mol. The lowest BCUT2D eigenvalue weighted by Gasteiger charge is -2.13. The van der Waals surface area contributed by atoms with Gasteiger partial charge in [-0.3, -0.25) is 9.59 Å². The highest BCUT2D eigenvalue weighted by atomic mass is 35.5. The molecule has 0 saturated heterocycles. The molecule has 3 N–H and O–H groups in total. The second-order valence-corrected chi connectivity index (χ2v) is 7.00. The van der Waals surface area contributed by atoms with Crippen molar-refractivity contribution in [3.05, 3.63) is 17.2 Å². The monoisotopic (exact) mass is 382 g/mol. The first kappa shape index (κ1) is 22.3. The molecule has 26 heavy (non-hydrogen) atoms. The van der Waals surface area contributed by atoms with E-state index in [1.54, 1.807) is 0 Å². The van der Waals surface area contributed by atoms with Crippen LogP contribution in [0.5, 0.6) is 5.75 Å². The highest BCUT2D eigenvalue weighted by molar-refractivity contribution is 6.31. The number of halogens is 1. The molecule has 0 radical (unpaired) electrons. The van der Waals surface area contributed by atoms with Crippen LogP contribution < -0.4 is 10.6 Å². The smallest absolute Gasteiger partial charge is 0.224 e. The van der Waals surface area contributed by atoms with E-state index in [9.17, 15) is 14.7 Å². The largest absolute Gasteiger partial charge is 0.504 e. The molecule has 0 fully saturated rings. The highest BCUT2D eigenvalue weighted by Crippen LogP contribution is 2.36. The summed E-state index contributed by atoms with van der Waals surface area (Å²) in [4.78, 5) is 24.0. The summed E-state index contributed by atoms with van der Waals surface area (Å²) in [6, 6.07) is 2.97. The van der Waals surface area contributed by atoms with Crippen LogP contribution in [0.2, 0.25) is 5.02 Å². The summed E-state index contributed by atoms with van der Waals surface area (Å²) in [5, 5.41) is 16.0. The molecule has 0 saturated carbocycles. The zero-order valence-electron chi connectivity index (χ0n) is 15.9. The Labute approximate surface area is 161 Å². The SMILES string of the molecule is CCCCCCC(=O)Nc1cc(Cl)cc(NC(=O)CCCCCC)c1O. The molecular formula is C20H31ClN2O3.